The van der Waals surface area contributed by atoms with Crippen LogP contribution in [0.4, 0.5) is 5.88 Å². The molecule has 1 saturated heterocycles. The maximum absolute atomic E-state index is 11.2. The number of hydrogen-bond donors (Lipinski definition) is 2. The van der Waals surface area contributed by atoms with Gasteiger partial charge in [-0.2, -0.15) is 0 Å². The maximum Gasteiger partial charge on any atom is 0.433 e. The summed E-state index contributed by atoms with van der Waals surface area (Å²) in [5.41, 5.74) is 5.81. The third-order valence-electron chi connectivity index (χ3n) is 2.55. The molecule has 7 heteroatoms. The zero-order chi connectivity index (χ0) is 11.7. The van der Waals surface area contributed by atoms with E-state index in [1.165, 1.54) is 12.1 Å². The lowest BCUT2D eigenvalue weighted by molar-refractivity contribution is -0.402. The van der Waals surface area contributed by atoms with Crippen LogP contribution in [-0.2, 0) is 4.79 Å². The van der Waals surface area contributed by atoms with Crippen LogP contribution in [0.25, 0.3) is 0 Å². The molecule has 0 aromatic carbocycles. The Morgan fingerprint density at radius 3 is 2.94 bits per heavy atom. The molecular formula is C9H11N3O4. The summed E-state index contributed by atoms with van der Waals surface area (Å²) in [7, 11) is 0. The molecule has 0 aliphatic carbocycles. The van der Waals surface area contributed by atoms with E-state index in [1.807, 2.05) is 0 Å². The monoisotopic (exact) mass is 225 g/mol. The Morgan fingerprint density at radius 2 is 2.31 bits per heavy atom. The second-order valence-corrected chi connectivity index (χ2v) is 3.68. The van der Waals surface area contributed by atoms with Gasteiger partial charge in [-0.25, -0.2) is 0 Å². The van der Waals surface area contributed by atoms with Gasteiger partial charge < -0.3 is 15.5 Å². The van der Waals surface area contributed by atoms with Crippen LogP contribution in [0.15, 0.2) is 16.5 Å². The fourth-order valence-electron chi connectivity index (χ4n) is 1.71. The Balaban J connectivity index is 2.21. The zero-order valence-corrected chi connectivity index (χ0v) is 8.38. The molecule has 0 saturated carbocycles. The van der Waals surface area contributed by atoms with Crippen molar-refractivity contribution in [2.24, 2.45) is 5.73 Å². The van der Waals surface area contributed by atoms with Crippen LogP contribution in [0.3, 0.4) is 0 Å². The van der Waals surface area contributed by atoms with E-state index in [2.05, 4.69) is 5.32 Å². The first-order valence-corrected chi connectivity index (χ1v) is 4.87. The Labute approximate surface area is 90.7 Å². The van der Waals surface area contributed by atoms with Crippen LogP contribution in [-0.4, -0.2) is 16.9 Å². The number of carbonyl (C=O) groups excluding carboxylic acids is 1. The minimum absolute atomic E-state index is 0.120. The summed E-state index contributed by atoms with van der Waals surface area (Å²) in [5.74, 6) is -0.139. The van der Waals surface area contributed by atoms with Gasteiger partial charge in [-0.15, -0.1) is 0 Å². The van der Waals surface area contributed by atoms with Crippen molar-refractivity contribution >= 4 is 11.8 Å². The second kappa shape index (κ2) is 3.93. The molecule has 7 nitrogen and oxygen atoms in total. The van der Waals surface area contributed by atoms with E-state index >= 15 is 0 Å². The molecule has 2 unspecified atom stereocenters. The van der Waals surface area contributed by atoms with E-state index in [-0.39, 0.29) is 17.8 Å². The molecule has 1 fully saturated rings. The van der Waals surface area contributed by atoms with Crippen molar-refractivity contribution in [2.45, 2.75) is 24.9 Å². The van der Waals surface area contributed by atoms with Gasteiger partial charge in [-0.1, -0.05) is 0 Å². The number of rotatable bonds is 2. The van der Waals surface area contributed by atoms with E-state index in [4.69, 9.17) is 10.2 Å². The lowest BCUT2D eigenvalue weighted by Gasteiger charge is -2.27. The molecule has 1 aliphatic heterocycles. The number of amides is 1. The molecule has 0 spiro atoms. The molecule has 2 atom stereocenters. The van der Waals surface area contributed by atoms with Crippen molar-refractivity contribution < 1.29 is 14.1 Å². The second-order valence-electron chi connectivity index (χ2n) is 3.68. The summed E-state index contributed by atoms with van der Waals surface area (Å²) >= 11 is 0. The third kappa shape index (κ3) is 1.89. The van der Waals surface area contributed by atoms with Crippen LogP contribution < -0.4 is 11.1 Å². The van der Waals surface area contributed by atoms with Crippen molar-refractivity contribution in [1.82, 2.24) is 5.32 Å². The van der Waals surface area contributed by atoms with Crippen LogP contribution in [0.5, 0.6) is 0 Å². The summed E-state index contributed by atoms with van der Waals surface area (Å²) in [4.78, 5) is 21.0. The summed E-state index contributed by atoms with van der Waals surface area (Å²) < 4.78 is 5.01. The van der Waals surface area contributed by atoms with Crippen LogP contribution in [0, 0.1) is 10.1 Å². The molecule has 1 aromatic heterocycles. The first-order valence-electron chi connectivity index (χ1n) is 4.87. The molecule has 2 heterocycles. The van der Waals surface area contributed by atoms with E-state index in [0.717, 1.165) is 0 Å². The van der Waals surface area contributed by atoms with Gasteiger partial charge in [0.05, 0.1) is 6.07 Å². The fourth-order valence-corrected chi connectivity index (χ4v) is 1.71. The maximum atomic E-state index is 11.2. The Bertz CT molecular complexity index is 428. The van der Waals surface area contributed by atoms with E-state index in [1.54, 1.807) is 0 Å². The average molecular weight is 225 g/mol. The molecular weight excluding hydrogens is 214 g/mol. The van der Waals surface area contributed by atoms with Crippen molar-refractivity contribution in [3.05, 3.63) is 28.0 Å². The molecule has 0 radical (unpaired) electrons. The molecule has 1 aliphatic rings. The summed E-state index contributed by atoms with van der Waals surface area (Å²) in [6.07, 6.45) is 0.922. The topological polar surface area (TPSA) is 111 Å². The smallest absolute Gasteiger partial charge is 0.404 e. The zero-order valence-electron chi connectivity index (χ0n) is 8.38. The highest BCUT2D eigenvalue weighted by atomic mass is 16.6. The highest BCUT2D eigenvalue weighted by Crippen LogP contribution is 2.27. The van der Waals surface area contributed by atoms with E-state index in [9.17, 15) is 14.9 Å². The average Bonchev–Trinajstić information content (AvgIpc) is 2.70. The number of piperidine rings is 1. The number of furan rings is 1. The standard InChI is InChI=1S/C9H11N3O4/c10-5-1-3-7(13)11-9(5)6-2-4-8(16-6)12(14)15/h2,4-5,9H,1,3,10H2,(H,11,13). The number of nitrogens with zero attached hydrogens (tertiary/aromatic N) is 1. The first-order chi connectivity index (χ1) is 7.58. The van der Waals surface area contributed by atoms with Crippen LogP contribution >= 0.6 is 0 Å². The predicted molar refractivity (Wildman–Crippen MR) is 53.5 cm³/mol. The van der Waals surface area contributed by atoms with Crippen molar-refractivity contribution in [3.8, 4) is 0 Å². The fraction of sp³-hybridized carbons (Fsp3) is 0.444. The van der Waals surface area contributed by atoms with Gasteiger partial charge in [-0.3, -0.25) is 14.9 Å². The summed E-state index contributed by atoms with van der Waals surface area (Å²) in [5, 5.41) is 13.1. The Kier molecular flexibility index (Phi) is 2.61. The number of nitrogens with two attached hydrogens (primary N) is 1. The summed E-state index contributed by atoms with van der Waals surface area (Å²) in [6.45, 7) is 0. The largest absolute Gasteiger partial charge is 0.433 e. The first kappa shape index (κ1) is 10.6. The van der Waals surface area contributed by atoms with Gasteiger partial charge in [0.2, 0.25) is 5.91 Å². The molecule has 3 N–H and O–H groups in total. The van der Waals surface area contributed by atoms with Crippen molar-refractivity contribution in [2.75, 3.05) is 0 Å². The molecule has 1 aromatic rings. The van der Waals surface area contributed by atoms with Gasteiger partial charge >= 0.3 is 5.88 Å². The van der Waals surface area contributed by atoms with Gasteiger partial charge in [0.1, 0.15) is 16.7 Å². The minimum Gasteiger partial charge on any atom is -0.404 e. The van der Waals surface area contributed by atoms with Gasteiger partial charge in [0.15, 0.2) is 0 Å². The van der Waals surface area contributed by atoms with Crippen LogP contribution in [0.1, 0.15) is 24.6 Å². The van der Waals surface area contributed by atoms with Gasteiger partial charge in [0, 0.05) is 12.5 Å². The third-order valence-corrected chi connectivity index (χ3v) is 2.55. The lowest BCUT2D eigenvalue weighted by atomic mass is 9.97. The highest BCUT2D eigenvalue weighted by Gasteiger charge is 2.30. The van der Waals surface area contributed by atoms with E-state index < -0.39 is 11.0 Å². The van der Waals surface area contributed by atoms with Crippen molar-refractivity contribution in [1.29, 1.82) is 0 Å². The number of hydrogen-bond acceptors (Lipinski definition) is 5. The summed E-state index contributed by atoms with van der Waals surface area (Å²) in [6, 6.07) is 1.97. The Morgan fingerprint density at radius 1 is 1.56 bits per heavy atom. The number of carbonyl (C=O) groups is 1. The van der Waals surface area contributed by atoms with Crippen LogP contribution in [0.2, 0.25) is 0 Å². The highest BCUT2D eigenvalue weighted by molar-refractivity contribution is 5.77. The minimum atomic E-state index is -0.625. The molecule has 2 rings (SSSR count). The quantitative estimate of drug-likeness (QED) is 0.561. The Hall–Kier alpha value is -1.89. The van der Waals surface area contributed by atoms with Gasteiger partial charge in [0.25, 0.3) is 0 Å². The van der Waals surface area contributed by atoms with Gasteiger partial charge in [-0.05, 0) is 12.5 Å². The predicted octanol–water partition coefficient (Wildman–Crippen LogP) is 0.466. The number of nitrogens with one attached hydrogen (secondary N) is 1. The SMILES string of the molecule is NC1CCC(=O)NC1c1ccc([N+](=O)[O-])o1. The number of nitro groups is 1. The normalized spacial score (nSPS) is 25.2. The molecule has 0 bridgehead atoms. The van der Waals surface area contributed by atoms with Crippen molar-refractivity contribution in [3.63, 3.8) is 0 Å². The molecule has 16 heavy (non-hydrogen) atoms. The molecule has 86 valence electrons. The lowest BCUT2D eigenvalue weighted by Crippen LogP contribution is -2.45. The van der Waals surface area contributed by atoms with E-state index in [0.29, 0.717) is 18.6 Å². The molecule has 1 amide bonds.